The van der Waals surface area contributed by atoms with Gasteiger partial charge in [-0.2, -0.15) is 0 Å². The number of rotatable bonds is 1. The van der Waals surface area contributed by atoms with E-state index in [0.717, 1.165) is 11.4 Å². The summed E-state index contributed by atoms with van der Waals surface area (Å²) in [5.74, 6) is 0.193. The minimum Gasteiger partial charge on any atom is -0.399 e. The number of fused-ring (bicyclic) bond motifs is 3. The summed E-state index contributed by atoms with van der Waals surface area (Å²) in [5.41, 5.74) is 20.0. The molecule has 0 bridgehead atoms. The Balaban J connectivity index is 2.05. The van der Waals surface area contributed by atoms with Crippen molar-refractivity contribution in [2.45, 2.75) is 5.92 Å². The molecular weight excluding hydrogens is 256 g/mol. The van der Waals surface area contributed by atoms with Crippen LogP contribution in [0.5, 0.6) is 0 Å². The molecule has 0 aromatic heterocycles. The molecule has 0 heterocycles. The minimum atomic E-state index is 0.193. The molecule has 1 aliphatic carbocycles. The van der Waals surface area contributed by atoms with Crippen molar-refractivity contribution in [2.75, 3.05) is 11.5 Å². The van der Waals surface area contributed by atoms with Crippen LogP contribution < -0.4 is 11.5 Å². The maximum absolute atomic E-state index is 6.29. The quantitative estimate of drug-likeness (QED) is 0.514. The molecule has 0 saturated heterocycles. The fourth-order valence-electron chi connectivity index (χ4n) is 3.35. The standard InChI is InChI=1S/C19H16N2/c20-13-9-10-15-16(11-13)14-7-4-8-17(21)19(14)18(15)12-5-2-1-3-6-12/h1-11,18H,20-21H2. The van der Waals surface area contributed by atoms with Crippen LogP contribution in [0.3, 0.4) is 0 Å². The Kier molecular flexibility index (Phi) is 2.51. The summed E-state index contributed by atoms with van der Waals surface area (Å²) in [7, 11) is 0. The van der Waals surface area contributed by atoms with Crippen LogP contribution in [0, 0.1) is 0 Å². The minimum absolute atomic E-state index is 0.193. The van der Waals surface area contributed by atoms with Crippen LogP contribution in [-0.2, 0) is 0 Å². The Morgan fingerprint density at radius 1 is 0.714 bits per heavy atom. The van der Waals surface area contributed by atoms with Gasteiger partial charge in [0.1, 0.15) is 0 Å². The van der Waals surface area contributed by atoms with E-state index in [0.29, 0.717) is 0 Å². The molecule has 1 atom stereocenters. The summed E-state index contributed by atoms with van der Waals surface area (Å²) in [4.78, 5) is 0. The molecule has 3 aromatic rings. The normalized spacial score (nSPS) is 15.5. The van der Waals surface area contributed by atoms with Crippen molar-refractivity contribution < 1.29 is 0 Å². The van der Waals surface area contributed by atoms with Crippen molar-refractivity contribution in [1.82, 2.24) is 0 Å². The molecule has 1 aliphatic rings. The lowest BCUT2D eigenvalue weighted by molar-refractivity contribution is 1.02. The molecule has 4 N–H and O–H groups in total. The topological polar surface area (TPSA) is 52.0 Å². The first kappa shape index (κ1) is 12.0. The predicted molar refractivity (Wildman–Crippen MR) is 88.1 cm³/mol. The van der Waals surface area contributed by atoms with Crippen molar-refractivity contribution in [2.24, 2.45) is 0 Å². The molecule has 2 heteroatoms. The molecule has 1 unspecified atom stereocenters. The summed E-state index contributed by atoms with van der Waals surface area (Å²) in [6.45, 7) is 0. The monoisotopic (exact) mass is 272 g/mol. The molecule has 21 heavy (non-hydrogen) atoms. The van der Waals surface area contributed by atoms with Crippen molar-refractivity contribution in [3.8, 4) is 11.1 Å². The van der Waals surface area contributed by atoms with Crippen LogP contribution in [0.15, 0.2) is 66.7 Å². The average molecular weight is 272 g/mol. The second kappa shape index (κ2) is 4.38. The first-order chi connectivity index (χ1) is 10.3. The van der Waals surface area contributed by atoms with Gasteiger partial charge in [-0.3, -0.25) is 0 Å². The second-order valence-corrected chi connectivity index (χ2v) is 5.50. The van der Waals surface area contributed by atoms with Crippen molar-refractivity contribution >= 4 is 11.4 Å². The molecule has 102 valence electrons. The average Bonchev–Trinajstić information content (AvgIpc) is 2.83. The molecule has 2 nitrogen and oxygen atoms in total. The van der Waals surface area contributed by atoms with Crippen LogP contribution >= 0.6 is 0 Å². The van der Waals surface area contributed by atoms with Gasteiger partial charge < -0.3 is 11.5 Å². The third-order valence-electron chi connectivity index (χ3n) is 4.24. The molecule has 3 aromatic carbocycles. The summed E-state index contributed by atoms with van der Waals surface area (Å²) in [6, 6.07) is 22.8. The number of nitrogens with two attached hydrogens (primary N) is 2. The van der Waals surface area contributed by atoms with E-state index in [1.54, 1.807) is 0 Å². The first-order valence-corrected chi connectivity index (χ1v) is 7.09. The molecular formula is C19H16N2. The summed E-state index contributed by atoms with van der Waals surface area (Å²) in [6.07, 6.45) is 0. The Hall–Kier alpha value is -2.74. The number of anilines is 2. The van der Waals surface area contributed by atoms with E-state index in [2.05, 4.69) is 42.5 Å². The van der Waals surface area contributed by atoms with Gasteiger partial charge in [-0.25, -0.2) is 0 Å². The largest absolute Gasteiger partial charge is 0.399 e. The van der Waals surface area contributed by atoms with E-state index in [9.17, 15) is 0 Å². The number of hydrogen-bond acceptors (Lipinski definition) is 2. The van der Waals surface area contributed by atoms with Gasteiger partial charge in [-0.15, -0.1) is 0 Å². The van der Waals surface area contributed by atoms with E-state index in [1.807, 2.05) is 24.3 Å². The first-order valence-electron chi connectivity index (χ1n) is 7.09. The molecule has 0 radical (unpaired) electrons. The van der Waals surface area contributed by atoms with Crippen molar-refractivity contribution in [3.63, 3.8) is 0 Å². The van der Waals surface area contributed by atoms with E-state index in [-0.39, 0.29) is 5.92 Å². The SMILES string of the molecule is Nc1ccc2c(c1)-c1cccc(N)c1C2c1ccccc1. The summed E-state index contributed by atoms with van der Waals surface area (Å²) >= 11 is 0. The third kappa shape index (κ3) is 1.73. The van der Waals surface area contributed by atoms with E-state index in [4.69, 9.17) is 11.5 Å². The van der Waals surface area contributed by atoms with Gasteiger partial charge in [0, 0.05) is 17.3 Å². The fourth-order valence-corrected chi connectivity index (χ4v) is 3.35. The highest BCUT2D eigenvalue weighted by molar-refractivity contribution is 5.86. The zero-order valence-electron chi connectivity index (χ0n) is 11.6. The fraction of sp³-hybridized carbons (Fsp3) is 0.0526. The van der Waals surface area contributed by atoms with Gasteiger partial charge in [0.2, 0.25) is 0 Å². The Labute approximate surface area is 124 Å². The zero-order chi connectivity index (χ0) is 14.4. The Morgan fingerprint density at radius 3 is 2.33 bits per heavy atom. The van der Waals surface area contributed by atoms with Gasteiger partial charge in [0.25, 0.3) is 0 Å². The summed E-state index contributed by atoms with van der Waals surface area (Å²) in [5, 5.41) is 0. The van der Waals surface area contributed by atoms with Gasteiger partial charge in [-0.1, -0.05) is 48.5 Å². The van der Waals surface area contributed by atoms with Crippen LogP contribution in [0.2, 0.25) is 0 Å². The van der Waals surface area contributed by atoms with Crippen molar-refractivity contribution in [3.05, 3.63) is 83.4 Å². The zero-order valence-corrected chi connectivity index (χ0v) is 11.6. The van der Waals surface area contributed by atoms with Crippen LogP contribution in [0.25, 0.3) is 11.1 Å². The molecule has 0 fully saturated rings. The third-order valence-corrected chi connectivity index (χ3v) is 4.24. The van der Waals surface area contributed by atoms with Crippen LogP contribution in [0.4, 0.5) is 11.4 Å². The van der Waals surface area contributed by atoms with Crippen LogP contribution in [0.1, 0.15) is 22.6 Å². The molecule has 0 spiro atoms. The molecule has 0 saturated carbocycles. The molecule has 0 aliphatic heterocycles. The van der Waals surface area contributed by atoms with Gasteiger partial charge in [-0.05, 0) is 46.0 Å². The molecule has 4 rings (SSSR count). The number of hydrogen-bond donors (Lipinski definition) is 2. The van der Waals surface area contributed by atoms with Gasteiger partial charge >= 0.3 is 0 Å². The number of nitrogen functional groups attached to an aromatic ring is 2. The highest BCUT2D eigenvalue weighted by Gasteiger charge is 2.31. The van der Waals surface area contributed by atoms with Crippen LogP contribution in [-0.4, -0.2) is 0 Å². The smallest absolute Gasteiger partial charge is 0.0372 e. The maximum atomic E-state index is 6.29. The highest BCUT2D eigenvalue weighted by Crippen LogP contribution is 2.50. The van der Waals surface area contributed by atoms with E-state index < -0.39 is 0 Å². The summed E-state index contributed by atoms with van der Waals surface area (Å²) < 4.78 is 0. The Morgan fingerprint density at radius 2 is 1.52 bits per heavy atom. The predicted octanol–water partition coefficient (Wildman–Crippen LogP) is 4.01. The maximum Gasteiger partial charge on any atom is 0.0372 e. The number of benzene rings is 3. The Bertz CT molecular complexity index is 822. The lowest BCUT2D eigenvalue weighted by Crippen LogP contribution is -2.02. The lowest BCUT2D eigenvalue weighted by atomic mass is 9.88. The van der Waals surface area contributed by atoms with Gasteiger partial charge in [0.15, 0.2) is 0 Å². The van der Waals surface area contributed by atoms with E-state index >= 15 is 0 Å². The highest BCUT2D eigenvalue weighted by atomic mass is 14.6. The van der Waals surface area contributed by atoms with Crippen molar-refractivity contribution in [1.29, 1.82) is 0 Å². The molecule has 0 amide bonds. The van der Waals surface area contributed by atoms with Gasteiger partial charge in [0.05, 0.1) is 0 Å². The van der Waals surface area contributed by atoms with E-state index in [1.165, 1.54) is 27.8 Å². The second-order valence-electron chi connectivity index (χ2n) is 5.50. The lowest BCUT2D eigenvalue weighted by Gasteiger charge is -2.16.